The molecule has 0 radical (unpaired) electrons. The summed E-state index contributed by atoms with van der Waals surface area (Å²) < 4.78 is 5.31. The van der Waals surface area contributed by atoms with Crippen LogP contribution in [-0.2, 0) is 9.59 Å². The molecule has 1 aromatic carbocycles. The number of ether oxygens (including phenoxy) is 1. The summed E-state index contributed by atoms with van der Waals surface area (Å²) in [5.41, 5.74) is 0. The van der Waals surface area contributed by atoms with Crippen LogP contribution in [0, 0.1) is 0 Å². The highest BCUT2D eigenvalue weighted by atomic mass is 35.5. The Balaban J connectivity index is 0.00000264. The maximum Gasteiger partial charge on any atom is 0.258 e. The summed E-state index contributed by atoms with van der Waals surface area (Å²) in [6.07, 6.45) is 2.01. The maximum absolute atomic E-state index is 11.8. The number of para-hydroxylation sites is 1. The van der Waals surface area contributed by atoms with E-state index in [1.165, 1.54) is 0 Å². The molecule has 23 heavy (non-hydrogen) atoms. The molecule has 0 bridgehead atoms. The van der Waals surface area contributed by atoms with Gasteiger partial charge in [0.1, 0.15) is 5.75 Å². The van der Waals surface area contributed by atoms with E-state index in [4.69, 9.17) is 4.74 Å². The Labute approximate surface area is 142 Å². The van der Waals surface area contributed by atoms with Gasteiger partial charge in [-0.15, -0.1) is 12.4 Å². The van der Waals surface area contributed by atoms with Crippen molar-refractivity contribution >= 4 is 24.2 Å². The van der Waals surface area contributed by atoms with E-state index in [1.807, 2.05) is 18.2 Å². The van der Waals surface area contributed by atoms with Gasteiger partial charge in [0.2, 0.25) is 5.91 Å². The van der Waals surface area contributed by atoms with Crippen LogP contribution in [-0.4, -0.2) is 43.6 Å². The first-order valence-electron chi connectivity index (χ1n) is 7.62. The van der Waals surface area contributed by atoms with E-state index in [0.29, 0.717) is 5.75 Å². The van der Waals surface area contributed by atoms with Crippen LogP contribution in [0.25, 0.3) is 0 Å². The standard InChI is InChI=1S/C16H23N3O3.ClH/c1-12-14(8-5-9-17-12)19-15(20)10-18-16(21)11-22-13-6-3-2-4-7-13;/h2-4,6-7,12,14,17H,5,8-11H2,1H3,(H,18,21)(H,19,20);1H. The Kier molecular flexibility index (Phi) is 8.43. The molecule has 0 aromatic heterocycles. The highest BCUT2D eigenvalue weighted by Gasteiger charge is 2.22. The monoisotopic (exact) mass is 341 g/mol. The number of nitrogens with one attached hydrogen (secondary N) is 3. The molecule has 2 rings (SSSR count). The fraction of sp³-hybridized carbons (Fsp3) is 0.500. The van der Waals surface area contributed by atoms with Crippen LogP contribution < -0.4 is 20.7 Å². The number of amides is 2. The van der Waals surface area contributed by atoms with E-state index < -0.39 is 0 Å². The molecular formula is C16H24ClN3O3. The molecule has 6 nitrogen and oxygen atoms in total. The van der Waals surface area contributed by atoms with Gasteiger partial charge < -0.3 is 20.7 Å². The summed E-state index contributed by atoms with van der Waals surface area (Å²) >= 11 is 0. The van der Waals surface area contributed by atoms with Crippen LogP contribution >= 0.6 is 12.4 Å². The summed E-state index contributed by atoms with van der Waals surface area (Å²) in [6.45, 7) is 2.91. The third-order valence-corrected chi connectivity index (χ3v) is 3.67. The first kappa shape index (κ1) is 19.3. The lowest BCUT2D eigenvalue weighted by atomic mass is 10.00. The number of hydrogen-bond acceptors (Lipinski definition) is 4. The van der Waals surface area contributed by atoms with Crippen LogP contribution in [0.5, 0.6) is 5.75 Å². The van der Waals surface area contributed by atoms with E-state index >= 15 is 0 Å². The third-order valence-electron chi connectivity index (χ3n) is 3.67. The zero-order valence-electron chi connectivity index (χ0n) is 13.2. The molecule has 3 N–H and O–H groups in total. The van der Waals surface area contributed by atoms with Crippen molar-refractivity contribution in [2.75, 3.05) is 19.7 Å². The molecular weight excluding hydrogens is 318 g/mol. The average Bonchev–Trinajstić information content (AvgIpc) is 2.54. The highest BCUT2D eigenvalue weighted by molar-refractivity contribution is 5.85. The molecule has 1 aliphatic rings. The summed E-state index contributed by atoms with van der Waals surface area (Å²) in [4.78, 5) is 23.5. The number of carbonyl (C=O) groups is 2. The average molecular weight is 342 g/mol. The zero-order chi connectivity index (χ0) is 15.8. The number of rotatable bonds is 6. The number of benzene rings is 1. The molecule has 2 atom stereocenters. The molecule has 1 aliphatic heterocycles. The fourth-order valence-corrected chi connectivity index (χ4v) is 2.39. The second kappa shape index (κ2) is 10.1. The first-order chi connectivity index (χ1) is 10.6. The Morgan fingerprint density at radius 2 is 2.00 bits per heavy atom. The van der Waals surface area contributed by atoms with Crippen molar-refractivity contribution in [1.82, 2.24) is 16.0 Å². The Morgan fingerprint density at radius 1 is 1.26 bits per heavy atom. The molecule has 1 heterocycles. The second-order valence-electron chi connectivity index (χ2n) is 5.44. The van der Waals surface area contributed by atoms with Crippen molar-refractivity contribution in [2.45, 2.75) is 31.8 Å². The van der Waals surface area contributed by atoms with Gasteiger partial charge in [-0.1, -0.05) is 18.2 Å². The lowest BCUT2D eigenvalue weighted by Gasteiger charge is -2.30. The zero-order valence-corrected chi connectivity index (χ0v) is 14.0. The normalized spacial score (nSPS) is 20.0. The van der Waals surface area contributed by atoms with Gasteiger partial charge >= 0.3 is 0 Å². The van der Waals surface area contributed by atoms with Gasteiger partial charge in [-0.3, -0.25) is 9.59 Å². The summed E-state index contributed by atoms with van der Waals surface area (Å²) in [5.74, 6) is 0.145. The van der Waals surface area contributed by atoms with E-state index in [-0.39, 0.29) is 49.5 Å². The van der Waals surface area contributed by atoms with Crippen molar-refractivity contribution in [3.05, 3.63) is 30.3 Å². The van der Waals surface area contributed by atoms with E-state index in [1.54, 1.807) is 12.1 Å². The van der Waals surface area contributed by atoms with Crippen molar-refractivity contribution in [2.24, 2.45) is 0 Å². The molecule has 1 aromatic rings. The van der Waals surface area contributed by atoms with Crippen LogP contribution in [0.1, 0.15) is 19.8 Å². The van der Waals surface area contributed by atoms with Crippen LogP contribution in [0.2, 0.25) is 0 Å². The quantitative estimate of drug-likeness (QED) is 0.717. The maximum atomic E-state index is 11.8. The van der Waals surface area contributed by atoms with Gasteiger partial charge in [-0.05, 0) is 38.4 Å². The Morgan fingerprint density at radius 3 is 2.70 bits per heavy atom. The van der Waals surface area contributed by atoms with Crippen LogP contribution in [0.3, 0.4) is 0 Å². The minimum absolute atomic E-state index is 0. The largest absolute Gasteiger partial charge is 0.484 e. The molecule has 0 aliphatic carbocycles. The predicted octanol–water partition coefficient (Wildman–Crippen LogP) is 0.860. The number of piperidine rings is 1. The summed E-state index contributed by atoms with van der Waals surface area (Å²) in [6, 6.07) is 9.47. The molecule has 2 unspecified atom stereocenters. The smallest absolute Gasteiger partial charge is 0.258 e. The third kappa shape index (κ3) is 6.88. The highest BCUT2D eigenvalue weighted by Crippen LogP contribution is 2.08. The van der Waals surface area contributed by atoms with Gasteiger partial charge in [0.15, 0.2) is 6.61 Å². The van der Waals surface area contributed by atoms with Gasteiger partial charge in [0.05, 0.1) is 6.54 Å². The lowest BCUT2D eigenvalue weighted by Crippen LogP contribution is -2.53. The number of hydrogen-bond donors (Lipinski definition) is 3. The van der Waals surface area contributed by atoms with E-state index in [2.05, 4.69) is 22.9 Å². The van der Waals surface area contributed by atoms with E-state index in [0.717, 1.165) is 19.4 Å². The van der Waals surface area contributed by atoms with Crippen molar-refractivity contribution < 1.29 is 14.3 Å². The van der Waals surface area contributed by atoms with Crippen molar-refractivity contribution in [3.63, 3.8) is 0 Å². The minimum atomic E-state index is -0.311. The lowest BCUT2D eigenvalue weighted by molar-refractivity contribution is -0.127. The SMILES string of the molecule is CC1NCCCC1NC(=O)CNC(=O)COc1ccccc1.Cl. The summed E-state index contributed by atoms with van der Waals surface area (Å²) in [7, 11) is 0. The van der Waals surface area contributed by atoms with Gasteiger partial charge in [-0.2, -0.15) is 0 Å². The van der Waals surface area contributed by atoms with Crippen LogP contribution in [0.15, 0.2) is 30.3 Å². The summed E-state index contributed by atoms with van der Waals surface area (Å²) in [5, 5.41) is 8.82. The number of carbonyl (C=O) groups excluding carboxylic acids is 2. The Hall–Kier alpha value is -1.79. The molecule has 2 amide bonds. The van der Waals surface area contributed by atoms with Crippen LogP contribution in [0.4, 0.5) is 0 Å². The fourth-order valence-electron chi connectivity index (χ4n) is 2.39. The molecule has 0 saturated carbocycles. The molecule has 1 saturated heterocycles. The van der Waals surface area contributed by atoms with Crippen molar-refractivity contribution in [1.29, 1.82) is 0 Å². The molecule has 128 valence electrons. The minimum Gasteiger partial charge on any atom is -0.484 e. The van der Waals surface area contributed by atoms with E-state index in [9.17, 15) is 9.59 Å². The first-order valence-corrected chi connectivity index (χ1v) is 7.62. The molecule has 7 heteroatoms. The van der Waals surface area contributed by atoms with Gasteiger partial charge in [0, 0.05) is 12.1 Å². The van der Waals surface area contributed by atoms with Gasteiger partial charge in [-0.25, -0.2) is 0 Å². The molecule has 0 spiro atoms. The second-order valence-corrected chi connectivity index (χ2v) is 5.44. The van der Waals surface area contributed by atoms with Crippen molar-refractivity contribution in [3.8, 4) is 5.75 Å². The molecule has 1 fully saturated rings. The predicted molar refractivity (Wildman–Crippen MR) is 90.8 cm³/mol. The van der Waals surface area contributed by atoms with Gasteiger partial charge in [0.25, 0.3) is 5.91 Å². The number of halogens is 1. The Bertz CT molecular complexity index is 499. The topological polar surface area (TPSA) is 79.5 Å².